The molecule has 280 valence electrons. The monoisotopic (exact) mass is 852 g/mol. The third-order valence-electron chi connectivity index (χ3n) is 8.73. The van der Waals surface area contributed by atoms with Crippen molar-refractivity contribution in [1.29, 1.82) is 0 Å². The first-order valence-electron chi connectivity index (χ1n) is 18.1. The van der Waals surface area contributed by atoms with E-state index in [1.807, 2.05) is 35.6 Å². The molecular weight excluding hydrogens is 792 g/mol. The van der Waals surface area contributed by atoms with Gasteiger partial charge < -0.3 is 15.3 Å². The minimum absolute atomic E-state index is 0.521. The second-order valence-electron chi connectivity index (χ2n) is 12.7. The lowest BCUT2D eigenvalue weighted by Gasteiger charge is -2.34. The molecule has 4 rings (SSSR count). The number of allylic oxidation sites excluding steroid dienone is 1. The minimum atomic E-state index is -0.782. The molecule has 6 nitrogen and oxygen atoms in total. The maximum Gasteiger partial charge on any atom is 0.322 e. The van der Waals surface area contributed by atoms with Gasteiger partial charge >= 0.3 is 5.97 Å². The summed E-state index contributed by atoms with van der Waals surface area (Å²) in [6, 6.07) is 9.68. The quantitative estimate of drug-likeness (QED) is 0.0713. The third-order valence-corrected chi connectivity index (χ3v) is 11.5. The van der Waals surface area contributed by atoms with Crippen LogP contribution in [0, 0.1) is 11.8 Å². The van der Waals surface area contributed by atoms with E-state index in [9.17, 15) is 9.90 Å². The van der Waals surface area contributed by atoms with Crippen molar-refractivity contribution in [3.05, 3.63) is 88.0 Å². The van der Waals surface area contributed by atoms with Gasteiger partial charge in [-0.1, -0.05) is 112 Å². The Morgan fingerprint density at radius 3 is 2.34 bits per heavy atom. The molecule has 3 heterocycles. The number of nitrogens with one attached hydrogen (secondary N) is 1. The number of carboxylic acid groups (broad SMARTS) is 1. The van der Waals surface area contributed by atoms with Gasteiger partial charge in [-0.25, -0.2) is 9.29 Å². The second kappa shape index (κ2) is 27.9. The summed E-state index contributed by atoms with van der Waals surface area (Å²) in [5, 5.41) is 13.1. The zero-order valence-electron chi connectivity index (χ0n) is 30.9. The lowest BCUT2D eigenvalue weighted by atomic mass is 9.90. The van der Waals surface area contributed by atoms with Crippen LogP contribution in [0.1, 0.15) is 103 Å². The molecule has 2 aromatic rings. The lowest BCUT2D eigenvalue weighted by molar-refractivity contribution is -0.141. The molecule has 1 saturated heterocycles. The van der Waals surface area contributed by atoms with Gasteiger partial charge in [-0.3, -0.25) is 4.79 Å². The topological polar surface area (TPSA) is 68.7 Å². The number of pyridine rings is 1. The second-order valence-corrected chi connectivity index (χ2v) is 15.9. The number of fused-ring (bicyclic) bond motifs is 1. The maximum absolute atomic E-state index is 12.0. The van der Waals surface area contributed by atoms with E-state index in [1.165, 1.54) is 81.7 Å². The number of hydrogen-bond acceptors (Lipinski definition) is 7. The van der Waals surface area contributed by atoms with E-state index >= 15 is 0 Å². The van der Waals surface area contributed by atoms with Crippen LogP contribution in [0.5, 0.6) is 0 Å². The van der Waals surface area contributed by atoms with Crippen molar-refractivity contribution in [1.82, 2.24) is 14.6 Å². The zero-order chi connectivity index (χ0) is 37.3. The number of carboxylic acids is 1. The van der Waals surface area contributed by atoms with Crippen LogP contribution in [0.25, 0.3) is 0 Å². The van der Waals surface area contributed by atoms with Crippen LogP contribution in [0.4, 0.5) is 5.82 Å². The van der Waals surface area contributed by atoms with Gasteiger partial charge in [0.25, 0.3) is 0 Å². The number of rotatable bonds is 15. The normalized spacial score (nSPS) is 16.7. The Kier molecular flexibility index (Phi) is 25.8. The predicted molar refractivity (Wildman–Crippen MR) is 228 cm³/mol. The lowest BCUT2D eigenvalue weighted by Crippen LogP contribution is -2.41. The first kappa shape index (κ1) is 46.3. The Bertz CT molecular complexity index is 1270. The number of anilines is 1. The molecule has 2 aliphatic heterocycles. The highest BCUT2D eigenvalue weighted by Gasteiger charge is 2.32. The minimum Gasteiger partial charge on any atom is -0.480 e. The van der Waals surface area contributed by atoms with Gasteiger partial charge in [0.1, 0.15) is 11.9 Å². The van der Waals surface area contributed by atoms with Crippen molar-refractivity contribution in [2.24, 2.45) is 11.8 Å². The van der Waals surface area contributed by atoms with Gasteiger partial charge in [-0.2, -0.15) is 0 Å². The zero-order valence-corrected chi connectivity index (χ0v) is 35.8. The summed E-state index contributed by atoms with van der Waals surface area (Å²) in [5.74, 6) is 1.87. The van der Waals surface area contributed by atoms with Crippen molar-refractivity contribution in [3.63, 3.8) is 0 Å². The Morgan fingerprint density at radius 1 is 1.14 bits per heavy atom. The van der Waals surface area contributed by atoms with E-state index < -0.39 is 12.0 Å². The summed E-state index contributed by atoms with van der Waals surface area (Å²) in [4.78, 5) is 22.9. The van der Waals surface area contributed by atoms with Crippen LogP contribution in [0.15, 0.2) is 81.7 Å². The summed E-state index contributed by atoms with van der Waals surface area (Å²) in [7, 11) is 0. The Labute approximate surface area is 330 Å². The molecule has 0 saturated carbocycles. The van der Waals surface area contributed by atoms with Crippen molar-refractivity contribution in [2.45, 2.75) is 116 Å². The molecule has 0 amide bonds. The molecule has 1 fully saturated rings. The van der Waals surface area contributed by atoms with E-state index in [2.05, 4.69) is 107 Å². The van der Waals surface area contributed by atoms with E-state index in [1.54, 1.807) is 11.2 Å². The SMILES string of the molecule is C/C(S)=C/Br.C=C.C=CNCCC(CC)CCCCCC1CCN(c2ncc(SN3Cc4ccccc4C[C@H]3C(=O)O)cc2Br)CC1.CCC. The fraction of sp³-hybridized carbons (Fsp3) is 0.550. The number of thiol groups is 1. The van der Waals surface area contributed by atoms with E-state index in [-0.39, 0.29) is 0 Å². The van der Waals surface area contributed by atoms with E-state index in [0.29, 0.717) is 13.0 Å². The third kappa shape index (κ3) is 17.7. The number of aliphatic carboxylic acids is 1. The van der Waals surface area contributed by atoms with Gasteiger partial charge in [-0.05, 0) is 106 Å². The number of nitrogens with zero attached hydrogens (tertiary/aromatic N) is 3. The molecule has 2 atom stereocenters. The van der Waals surface area contributed by atoms with Gasteiger partial charge in [0.15, 0.2) is 0 Å². The van der Waals surface area contributed by atoms with Gasteiger partial charge in [0.2, 0.25) is 0 Å². The van der Waals surface area contributed by atoms with Gasteiger partial charge in [0, 0.05) is 37.3 Å². The molecular formula is C40H62Br2N4O2S2. The predicted octanol–water partition coefficient (Wildman–Crippen LogP) is 12.1. The largest absolute Gasteiger partial charge is 0.480 e. The number of unbranched alkanes of at least 4 members (excludes halogenated alkanes) is 2. The number of halogens is 2. The summed E-state index contributed by atoms with van der Waals surface area (Å²) >= 11 is 12.2. The molecule has 50 heavy (non-hydrogen) atoms. The van der Waals surface area contributed by atoms with Crippen molar-refractivity contribution in [2.75, 3.05) is 24.5 Å². The smallest absolute Gasteiger partial charge is 0.322 e. The molecule has 0 radical (unpaired) electrons. The Morgan fingerprint density at radius 2 is 1.78 bits per heavy atom. The first-order valence-corrected chi connectivity index (χ1v) is 21.0. The average Bonchev–Trinajstić information content (AvgIpc) is 3.12. The van der Waals surface area contributed by atoms with Crippen LogP contribution in [0.3, 0.4) is 0 Å². The van der Waals surface area contributed by atoms with Gasteiger partial charge in [0.05, 0.1) is 4.47 Å². The molecule has 0 spiro atoms. The highest BCUT2D eigenvalue weighted by molar-refractivity contribution is 9.11. The fourth-order valence-corrected chi connectivity index (χ4v) is 7.84. The fourth-order valence-electron chi connectivity index (χ4n) is 6.05. The highest BCUT2D eigenvalue weighted by atomic mass is 79.9. The highest BCUT2D eigenvalue weighted by Crippen LogP contribution is 2.37. The van der Waals surface area contributed by atoms with Crippen LogP contribution >= 0.6 is 56.4 Å². The first-order chi connectivity index (χ1) is 24.2. The molecule has 1 unspecified atom stereocenters. The number of piperidine rings is 1. The number of benzene rings is 1. The molecule has 1 aromatic heterocycles. The van der Waals surface area contributed by atoms with Crippen LogP contribution in [-0.4, -0.2) is 46.0 Å². The van der Waals surface area contributed by atoms with Crippen LogP contribution in [-0.2, 0) is 17.8 Å². The molecule has 2 N–H and O–H groups in total. The summed E-state index contributed by atoms with van der Waals surface area (Å²) in [6.45, 7) is 21.9. The van der Waals surface area contributed by atoms with Crippen molar-refractivity contribution >= 4 is 68.2 Å². The van der Waals surface area contributed by atoms with Crippen molar-refractivity contribution < 1.29 is 9.90 Å². The average molecular weight is 855 g/mol. The summed E-state index contributed by atoms with van der Waals surface area (Å²) in [5.41, 5.74) is 2.32. The molecule has 10 heteroatoms. The van der Waals surface area contributed by atoms with E-state index in [4.69, 9.17) is 4.98 Å². The summed E-state index contributed by atoms with van der Waals surface area (Å²) in [6.07, 6.45) is 17.2. The number of carbonyl (C=O) groups is 1. The molecule has 0 aliphatic carbocycles. The standard InChI is InChI=1S/C32H45BrN4O2S.C3H5BrS.C3H8.C2H4/c1-3-24(14-17-34-4-2)10-6-5-7-11-25-15-18-36(19-16-25)31-29(33)21-28(22-35-31)40-37-23-27-13-9-8-12-26(27)20-30(37)32(38)39;1-3(5)2-4;1-3-2;1-2/h4,8-9,12-13,21-22,24-25,30,34H,2-3,5-7,10-11,14-20,23H2,1H3,(H,38,39);2,5H,1H3;3H2,1-2H3;1-2H2/b;3-2-;;/t24?,30-;;;/m0.../s1. The van der Waals surface area contributed by atoms with Crippen LogP contribution in [0.2, 0.25) is 0 Å². The van der Waals surface area contributed by atoms with E-state index in [0.717, 1.165) is 57.1 Å². The van der Waals surface area contributed by atoms with Crippen LogP contribution < -0.4 is 10.2 Å². The molecule has 2 aliphatic rings. The molecule has 0 bridgehead atoms. The summed E-state index contributed by atoms with van der Waals surface area (Å²) < 4.78 is 2.95. The van der Waals surface area contributed by atoms with Gasteiger partial charge in [-0.15, -0.1) is 25.8 Å². The number of hydrogen-bond donors (Lipinski definition) is 3. The Hall–Kier alpha value is -1.72. The number of aromatic nitrogens is 1. The maximum atomic E-state index is 12.0. The van der Waals surface area contributed by atoms with Crippen molar-refractivity contribution in [3.8, 4) is 0 Å². The Balaban J connectivity index is 0.00000111. The molecule has 1 aromatic carbocycles.